The number of aromatic nitrogens is 1. The smallest absolute Gasteiger partial charge is 0.186 e. The zero-order chi connectivity index (χ0) is 30.2. The van der Waals surface area contributed by atoms with Gasteiger partial charge >= 0.3 is 0 Å². The van der Waals surface area contributed by atoms with Crippen LogP contribution in [-0.2, 0) is 6.42 Å². The maximum Gasteiger partial charge on any atom is 0.186 e. The van der Waals surface area contributed by atoms with E-state index in [0.717, 1.165) is 28.6 Å². The van der Waals surface area contributed by atoms with Gasteiger partial charge in [-0.05, 0) is 53.3 Å². The lowest BCUT2D eigenvalue weighted by atomic mass is 9.96. The van der Waals surface area contributed by atoms with Crippen molar-refractivity contribution in [2.75, 3.05) is 5.32 Å². The Hall–Kier alpha value is -5.17. The summed E-state index contributed by atoms with van der Waals surface area (Å²) in [6, 6.07) is 21.0. The normalized spacial score (nSPS) is 19.5. The lowest BCUT2D eigenvalue weighted by Crippen LogP contribution is -2.27. The molecule has 216 valence electrons. The molecule has 4 aromatic carbocycles. The molecule has 2 heterocycles. The standard InChI is InChI=1S/C37H25F4N3/c38-31-30(22-14-16-23(17-15-22)35(42)26-20-37(26)19-18-21-8-4-6-11-27(21)43-37)32(39)34(41)36(33(31)40)44-28-12-3-1-2-9-24(28)25-10-5-7-13-29(25)44/h1-8,10-19,26,42-43H,9,20H2. The summed E-state index contributed by atoms with van der Waals surface area (Å²) in [7, 11) is 0. The number of fused-ring (bicyclic) bond motifs is 4. The van der Waals surface area contributed by atoms with Crippen LogP contribution in [0.3, 0.4) is 0 Å². The van der Waals surface area contributed by atoms with E-state index in [1.807, 2.05) is 48.6 Å². The molecule has 1 saturated carbocycles. The van der Waals surface area contributed by atoms with Gasteiger partial charge in [-0.25, -0.2) is 17.6 Å². The van der Waals surface area contributed by atoms with Crippen molar-refractivity contribution in [2.45, 2.75) is 18.4 Å². The van der Waals surface area contributed by atoms with Gasteiger partial charge in [0.1, 0.15) is 5.69 Å². The average molecular weight is 588 g/mol. The zero-order valence-corrected chi connectivity index (χ0v) is 23.3. The van der Waals surface area contributed by atoms with Crippen LogP contribution in [0.15, 0.2) is 97.1 Å². The van der Waals surface area contributed by atoms with E-state index in [1.54, 1.807) is 36.4 Å². The molecule has 1 spiro atoms. The van der Waals surface area contributed by atoms with Gasteiger partial charge in [0, 0.05) is 22.7 Å². The van der Waals surface area contributed by atoms with E-state index < -0.39 is 34.5 Å². The summed E-state index contributed by atoms with van der Waals surface area (Å²) >= 11 is 0. The Morgan fingerprint density at radius 3 is 2.34 bits per heavy atom. The molecule has 1 fully saturated rings. The van der Waals surface area contributed by atoms with Gasteiger partial charge in [0.2, 0.25) is 0 Å². The van der Waals surface area contributed by atoms with E-state index in [1.165, 1.54) is 16.7 Å². The van der Waals surface area contributed by atoms with Gasteiger partial charge < -0.3 is 15.3 Å². The van der Waals surface area contributed by atoms with Crippen LogP contribution in [0, 0.1) is 34.6 Å². The van der Waals surface area contributed by atoms with Gasteiger partial charge in [-0.2, -0.15) is 0 Å². The monoisotopic (exact) mass is 587 g/mol. The minimum atomic E-state index is -1.47. The Balaban J connectivity index is 1.15. The number of allylic oxidation sites excluding steroid dienone is 3. The van der Waals surface area contributed by atoms with Gasteiger partial charge in [0.25, 0.3) is 0 Å². The lowest BCUT2D eigenvalue weighted by molar-refractivity contribution is 0.453. The molecule has 8 rings (SSSR count). The highest BCUT2D eigenvalue weighted by atomic mass is 19.2. The molecule has 1 aromatic heterocycles. The van der Waals surface area contributed by atoms with Crippen LogP contribution in [0.1, 0.15) is 28.8 Å². The number of anilines is 1. The second-order valence-corrected chi connectivity index (χ2v) is 11.5. The number of rotatable bonds is 4. The van der Waals surface area contributed by atoms with Gasteiger partial charge in [-0.3, -0.25) is 0 Å². The van der Waals surface area contributed by atoms with Crippen molar-refractivity contribution in [3.63, 3.8) is 0 Å². The Labute approximate surface area is 251 Å². The quantitative estimate of drug-likeness (QED) is 0.123. The third-order valence-electron chi connectivity index (χ3n) is 9.03. The van der Waals surface area contributed by atoms with Crippen molar-refractivity contribution in [1.82, 2.24) is 4.57 Å². The second kappa shape index (κ2) is 9.67. The first kappa shape index (κ1) is 26.5. The lowest BCUT2D eigenvalue weighted by Gasteiger charge is -2.23. The van der Waals surface area contributed by atoms with E-state index in [-0.39, 0.29) is 17.0 Å². The van der Waals surface area contributed by atoms with E-state index >= 15 is 17.6 Å². The number of halogens is 4. The first-order valence-electron chi connectivity index (χ1n) is 14.5. The summed E-state index contributed by atoms with van der Waals surface area (Å²) in [5.74, 6) is -5.97. The fraction of sp³-hybridized carbons (Fsp3) is 0.108. The topological polar surface area (TPSA) is 40.8 Å². The molecule has 0 bridgehead atoms. The summed E-state index contributed by atoms with van der Waals surface area (Å²) in [5, 5.41) is 13.1. The number of benzene rings is 4. The molecule has 0 amide bonds. The first-order chi connectivity index (χ1) is 21.4. The van der Waals surface area contributed by atoms with Crippen LogP contribution in [-0.4, -0.2) is 15.8 Å². The van der Waals surface area contributed by atoms with E-state index in [0.29, 0.717) is 28.9 Å². The maximum atomic E-state index is 15.9. The summed E-state index contributed by atoms with van der Waals surface area (Å²) in [6.45, 7) is 0. The van der Waals surface area contributed by atoms with Crippen LogP contribution in [0.4, 0.5) is 23.2 Å². The van der Waals surface area contributed by atoms with Gasteiger partial charge in [0.05, 0.1) is 22.3 Å². The summed E-state index contributed by atoms with van der Waals surface area (Å²) in [6.07, 6.45) is 12.6. The largest absolute Gasteiger partial charge is 0.375 e. The minimum absolute atomic E-state index is 0.0173. The Morgan fingerprint density at radius 2 is 1.55 bits per heavy atom. The molecule has 2 unspecified atom stereocenters. The molecular weight excluding hydrogens is 562 g/mol. The predicted octanol–water partition coefficient (Wildman–Crippen LogP) is 9.24. The molecule has 2 aliphatic carbocycles. The first-order valence-corrected chi connectivity index (χ1v) is 14.5. The van der Waals surface area contributed by atoms with Crippen LogP contribution in [0.2, 0.25) is 0 Å². The molecule has 2 N–H and O–H groups in total. The molecule has 3 nitrogen and oxygen atoms in total. The molecule has 0 radical (unpaired) electrons. The number of nitrogens with one attached hydrogen (secondary N) is 2. The molecule has 0 saturated heterocycles. The van der Waals surface area contributed by atoms with E-state index in [9.17, 15) is 0 Å². The summed E-state index contributed by atoms with van der Waals surface area (Å²) in [5.41, 5.74) is 2.84. The number of nitrogens with zero attached hydrogens (tertiary/aromatic N) is 1. The molecular formula is C37H25F4N3. The van der Waals surface area contributed by atoms with E-state index in [4.69, 9.17) is 5.41 Å². The fourth-order valence-electron chi connectivity index (χ4n) is 6.70. The zero-order valence-electron chi connectivity index (χ0n) is 23.3. The van der Waals surface area contributed by atoms with Crippen molar-refractivity contribution >= 4 is 34.5 Å². The molecule has 2 atom stereocenters. The highest BCUT2D eigenvalue weighted by Crippen LogP contribution is 2.52. The number of para-hydroxylation sites is 2. The number of hydrogen-bond acceptors (Lipinski definition) is 2. The predicted molar refractivity (Wildman–Crippen MR) is 167 cm³/mol. The van der Waals surface area contributed by atoms with Crippen LogP contribution in [0.5, 0.6) is 0 Å². The van der Waals surface area contributed by atoms with Crippen LogP contribution < -0.4 is 5.32 Å². The third-order valence-corrected chi connectivity index (χ3v) is 9.03. The molecule has 44 heavy (non-hydrogen) atoms. The minimum Gasteiger partial charge on any atom is -0.375 e. The highest BCUT2D eigenvalue weighted by Gasteiger charge is 2.55. The SMILES string of the molecule is N=C(c1ccc(-c2c(F)c(F)c(-n3c4c(c5ccccc53)CC=CC=C4)c(F)c2F)cc1)C1CC12C=Cc1ccccc1N2. The molecule has 3 aliphatic rings. The fourth-order valence-corrected chi connectivity index (χ4v) is 6.70. The summed E-state index contributed by atoms with van der Waals surface area (Å²) < 4.78 is 64.6. The highest BCUT2D eigenvalue weighted by molar-refractivity contribution is 6.04. The third kappa shape index (κ3) is 3.85. The Kier molecular flexibility index (Phi) is 5.82. The van der Waals surface area contributed by atoms with Gasteiger partial charge in [0.15, 0.2) is 23.3 Å². The summed E-state index contributed by atoms with van der Waals surface area (Å²) in [4.78, 5) is 0. The van der Waals surface area contributed by atoms with Crippen molar-refractivity contribution in [2.24, 2.45) is 5.92 Å². The van der Waals surface area contributed by atoms with Gasteiger partial charge in [-0.15, -0.1) is 0 Å². The molecule has 7 heteroatoms. The van der Waals surface area contributed by atoms with Crippen LogP contribution >= 0.6 is 0 Å². The molecule has 5 aromatic rings. The Bertz CT molecular complexity index is 2090. The average Bonchev–Trinajstić information content (AvgIpc) is 3.73. The Morgan fingerprint density at radius 1 is 0.818 bits per heavy atom. The van der Waals surface area contributed by atoms with Crippen molar-refractivity contribution in [3.05, 3.63) is 143 Å². The van der Waals surface area contributed by atoms with Crippen molar-refractivity contribution < 1.29 is 17.6 Å². The van der Waals surface area contributed by atoms with Crippen LogP contribution in [0.25, 0.3) is 39.9 Å². The maximum absolute atomic E-state index is 15.9. The second-order valence-electron chi connectivity index (χ2n) is 11.5. The van der Waals surface area contributed by atoms with E-state index in [2.05, 4.69) is 17.5 Å². The van der Waals surface area contributed by atoms with Crippen molar-refractivity contribution in [3.8, 4) is 16.8 Å². The number of hydrogen-bond donors (Lipinski definition) is 2. The van der Waals surface area contributed by atoms with Gasteiger partial charge in [-0.1, -0.05) is 91.0 Å². The molecule has 1 aliphatic heterocycles. The van der Waals surface area contributed by atoms with Crippen molar-refractivity contribution in [1.29, 1.82) is 5.41 Å².